The molecule has 0 amide bonds. The van der Waals surface area contributed by atoms with Crippen LogP contribution in [-0.2, 0) is 0 Å². The van der Waals surface area contributed by atoms with Gasteiger partial charge >= 0.3 is 0 Å². The van der Waals surface area contributed by atoms with E-state index < -0.39 is 17.2 Å². The molecular weight excluding hydrogens is 235 g/mol. The van der Waals surface area contributed by atoms with Crippen molar-refractivity contribution in [1.29, 1.82) is 0 Å². The molecule has 1 nitrogen and oxygen atoms in total. The van der Waals surface area contributed by atoms with Crippen molar-refractivity contribution in [3.8, 4) is 0 Å². The highest BCUT2D eigenvalue weighted by Crippen LogP contribution is 2.34. The lowest BCUT2D eigenvalue weighted by Crippen LogP contribution is -2.07. The van der Waals surface area contributed by atoms with Crippen LogP contribution in [0.1, 0.15) is 22.5 Å². The van der Waals surface area contributed by atoms with Gasteiger partial charge < -0.3 is 5.11 Å². The van der Waals surface area contributed by atoms with E-state index >= 15 is 0 Å². The van der Waals surface area contributed by atoms with Crippen molar-refractivity contribution in [2.75, 3.05) is 0 Å². The first-order chi connectivity index (χ1) is 8.20. The molecule has 0 spiro atoms. The highest BCUT2D eigenvalue weighted by molar-refractivity contribution is 7.80. The lowest BCUT2D eigenvalue weighted by atomic mass is 10.0. The van der Waals surface area contributed by atoms with Crippen LogP contribution in [-0.4, -0.2) is 5.11 Å². The molecule has 17 heavy (non-hydrogen) atoms. The first-order valence-corrected chi connectivity index (χ1v) is 5.87. The summed E-state index contributed by atoms with van der Waals surface area (Å²) in [5.41, 5.74) is 1.14. The van der Waals surface area contributed by atoms with E-state index in [1.165, 1.54) is 6.07 Å². The quantitative estimate of drug-likeness (QED) is 0.796. The van der Waals surface area contributed by atoms with Gasteiger partial charge in [0.2, 0.25) is 0 Å². The fourth-order valence-corrected chi connectivity index (χ4v) is 2.05. The molecule has 2 rings (SSSR count). The summed E-state index contributed by atoms with van der Waals surface area (Å²) in [5.74, 6) is -0.407. The lowest BCUT2D eigenvalue weighted by molar-refractivity contribution is 0.171. The standard InChI is InChI=1S/C14H13FOS/c15-12-9-5-4-8-11(12)13(16)14(17)10-6-2-1-3-7-10/h1-9,13-14,16-17H/t13-,14-/m0/s1. The van der Waals surface area contributed by atoms with E-state index in [4.69, 9.17) is 0 Å². The zero-order valence-corrected chi connectivity index (χ0v) is 10.0. The van der Waals surface area contributed by atoms with Gasteiger partial charge in [-0.25, -0.2) is 4.39 Å². The number of aliphatic hydroxyl groups excluding tert-OH is 1. The molecule has 2 atom stereocenters. The van der Waals surface area contributed by atoms with E-state index in [1.807, 2.05) is 30.3 Å². The first kappa shape index (κ1) is 12.1. The average molecular weight is 248 g/mol. The van der Waals surface area contributed by atoms with Crippen LogP contribution in [0.25, 0.3) is 0 Å². The molecule has 88 valence electrons. The van der Waals surface area contributed by atoms with Gasteiger partial charge in [0.15, 0.2) is 0 Å². The Kier molecular flexibility index (Phi) is 3.82. The predicted octanol–water partition coefficient (Wildman–Crippen LogP) is 3.53. The van der Waals surface area contributed by atoms with E-state index in [1.54, 1.807) is 18.2 Å². The summed E-state index contributed by atoms with van der Waals surface area (Å²) in [7, 11) is 0. The summed E-state index contributed by atoms with van der Waals surface area (Å²) >= 11 is 4.36. The molecule has 2 aromatic rings. The van der Waals surface area contributed by atoms with Gasteiger partial charge in [-0.1, -0.05) is 48.5 Å². The van der Waals surface area contributed by atoms with E-state index in [-0.39, 0.29) is 5.56 Å². The Morgan fingerprint density at radius 3 is 2.18 bits per heavy atom. The van der Waals surface area contributed by atoms with Crippen LogP contribution in [0.5, 0.6) is 0 Å². The number of halogens is 1. The summed E-state index contributed by atoms with van der Waals surface area (Å²) in [6, 6.07) is 15.6. The molecule has 0 saturated heterocycles. The summed E-state index contributed by atoms with van der Waals surface area (Å²) in [4.78, 5) is 0. The molecule has 0 aliphatic carbocycles. The largest absolute Gasteiger partial charge is 0.387 e. The number of rotatable bonds is 3. The van der Waals surface area contributed by atoms with Gasteiger partial charge in [0.25, 0.3) is 0 Å². The van der Waals surface area contributed by atoms with Crippen LogP contribution < -0.4 is 0 Å². The molecule has 0 fully saturated rings. The van der Waals surface area contributed by atoms with Crippen molar-refractivity contribution in [3.05, 3.63) is 71.5 Å². The Morgan fingerprint density at radius 1 is 0.941 bits per heavy atom. The van der Waals surface area contributed by atoms with Gasteiger partial charge in [-0.05, 0) is 11.6 Å². The van der Waals surface area contributed by atoms with Crippen LogP contribution in [0.15, 0.2) is 54.6 Å². The van der Waals surface area contributed by atoms with Crippen molar-refractivity contribution >= 4 is 12.6 Å². The minimum absolute atomic E-state index is 0.274. The average Bonchev–Trinajstić information content (AvgIpc) is 2.39. The molecule has 0 saturated carbocycles. The van der Waals surface area contributed by atoms with Crippen molar-refractivity contribution in [1.82, 2.24) is 0 Å². The zero-order chi connectivity index (χ0) is 12.3. The molecule has 0 unspecified atom stereocenters. The van der Waals surface area contributed by atoms with Crippen molar-refractivity contribution in [2.24, 2.45) is 0 Å². The van der Waals surface area contributed by atoms with Crippen LogP contribution in [0, 0.1) is 5.82 Å². The lowest BCUT2D eigenvalue weighted by Gasteiger charge is -2.19. The Hall–Kier alpha value is -1.32. The smallest absolute Gasteiger partial charge is 0.129 e. The number of aliphatic hydroxyl groups is 1. The second-order valence-corrected chi connectivity index (χ2v) is 4.38. The monoisotopic (exact) mass is 248 g/mol. The van der Waals surface area contributed by atoms with Crippen LogP contribution >= 0.6 is 12.6 Å². The van der Waals surface area contributed by atoms with E-state index in [0.717, 1.165) is 5.56 Å². The van der Waals surface area contributed by atoms with Crippen molar-refractivity contribution in [3.63, 3.8) is 0 Å². The predicted molar refractivity (Wildman–Crippen MR) is 69.5 cm³/mol. The third-order valence-electron chi connectivity index (χ3n) is 2.66. The third kappa shape index (κ3) is 2.68. The van der Waals surface area contributed by atoms with Gasteiger partial charge in [-0.3, -0.25) is 0 Å². The van der Waals surface area contributed by atoms with E-state index in [2.05, 4.69) is 12.6 Å². The Bertz CT molecular complexity index is 487. The molecule has 3 heteroatoms. The van der Waals surface area contributed by atoms with Gasteiger partial charge in [-0.2, -0.15) is 12.6 Å². The highest BCUT2D eigenvalue weighted by atomic mass is 32.1. The summed E-state index contributed by atoms with van der Waals surface area (Å²) in [6.45, 7) is 0. The molecule has 0 aromatic heterocycles. The molecule has 1 N–H and O–H groups in total. The van der Waals surface area contributed by atoms with Gasteiger partial charge in [-0.15, -0.1) is 0 Å². The Morgan fingerprint density at radius 2 is 1.53 bits per heavy atom. The molecule has 0 aliphatic heterocycles. The fraction of sp³-hybridized carbons (Fsp3) is 0.143. The number of hydrogen-bond acceptors (Lipinski definition) is 2. The Balaban J connectivity index is 2.27. The second kappa shape index (κ2) is 5.34. The minimum atomic E-state index is -0.957. The normalized spacial score (nSPS) is 14.3. The highest BCUT2D eigenvalue weighted by Gasteiger charge is 2.21. The van der Waals surface area contributed by atoms with E-state index in [9.17, 15) is 9.50 Å². The number of hydrogen-bond donors (Lipinski definition) is 2. The Labute approximate surface area is 105 Å². The summed E-state index contributed by atoms with van der Waals surface area (Å²) in [5, 5.41) is 9.67. The van der Waals surface area contributed by atoms with E-state index in [0.29, 0.717) is 0 Å². The summed E-state index contributed by atoms with van der Waals surface area (Å²) < 4.78 is 13.5. The molecule has 0 heterocycles. The van der Waals surface area contributed by atoms with Gasteiger partial charge in [0.05, 0.1) is 11.4 Å². The number of benzene rings is 2. The second-order valence-electron chi connectivity index (χ2n) is 3.82. The van der Waals surface area contributed by atoms with Gasteiger partial charge in [0, 0.05) is 5.56 Å². The van der Waals surface area contributed by atoms with Crippen LogP contribution in [0.3, 0.4) is 0 Å². The summed E-state index contributed by atoms with van der Waals surface area (Å²) in [6.07, 6.45) is -0.957. The zero-order valence-electron chi connectivity index (χ0n) is 9.12. The minimum Gasteiger partial charge on any atom is -0.387 e. The molecule has 2 aromatic carbocycles. The molecular formula is C14H13FOS. The molecule has 0 aliphatic rings. The SMILES string of the molecule is O[C@@H](c1ccccc1F)[C@@H](S)c1ccccc1. The third-order valence-corrected chi connectivity index (χ3v) is 3.24. The van der Waals surface area contributed by atoms with Crippen molar-refractivity contribution < 1.29 is 9.50 Å². The molecule has 0 radical (unpaired) electrons. The number of thiol groups is 1. The van der Waals surface area contributed by atoms with Crippen LogP contribution in [0.2, 0.25) is 0 Å². The maximum Gasteiger partial charge on any atom is 0.129 e. The first-order valence-electron chi connectivity index (χ1n) is 5.35. The maximum absolute atomic E-state index is 13.5. The molecule has 0 bridgehead atoms. The van der Waals surface area contributed by atoms with Gasteiger partial charge in [0.1, 0.15) is 5.82 Å². The topological polar surface area (TPSA) is 20.2 Å². The van der Waals surface area contributed by atoms with Crippen LogP contribution in [0.4, 0.5) is 4.39 Å². The fourth-order valence-electron chi connectivity index (χ4n) is 1.72. The van der Waals surface area contributed by atoms with Crippen molar-refractivity contribution in [2.45, 2.75) is 11.4 Å². The maximum atomic E-state index is 13.5.